The predicted molar refractivity (Wildman–Crippen MR) is 118 cm³/mol. The van der Waals surface area contributed by atoms with Crippen LogP contribution >= 0.6 is 11.9 Å². The molecular weight excluding hydrogens is 446 g/mol. The molecule has 0 radical (unpaired) electrons. The van der Waals surface area contributed by atoms with Gasteiger partial charge in [0.05, 0.1) is 23.5 Å². The number of allylic oxidation sites excluding steroid dienone is 1. The lowest BCUT2D eigenvalue weighted by Gasteiger charge is -2.43. The van der Waals surface area contributed by atoms with Crippen molar-refractivity contribution in [3.05, 3.63) is 30.5 Å². The summed E-state index contributed by atoms with van der Waals surface area (Å²) in [6.45, 7) is 2.66. The maximum atomic E-state index is 14.6. The van der Waals surface area contributed by atoms with Gasteiger partial charge in [-0.05, 0) is 18.4 Å². The van der Waals surface area contributed by atoms with E-state index < -0.39 is 29.4 Å². The van der Waals surface area contributed by atoms with Gasteiger partial charge in [0.15, 0.2) is 0 Å². The summed E-state index contributed by atoms with van der Waals surface area (Å²) in [5.74, 6) is -6.94. The van der Waals surface area contributed by atoms with Gasteiger partial charge in [-0.15, -0.1) is 0 Å². The topological polar surface area (TPSA) is 93.6 Å². The van der Waals surface area contributed by atoms with E-state index in [1.165, 1.54) is 37.5 Å². The second kappa shape index (κ2) is 9.57. The van der Waals surface area contributed by atoms with Crippen LogP contribution in [0, 0.1) is 17.2 Å². The molecule has 1 aliphatic heterocycles. The zero-order valence-electron chi connectivity index (χ0n) is 17.9. The molecule has 12 heteroatoms. The largest absolute Gasteiger partial charge is 0.355 e. The second-order valence-electron chi connectivity index (χ2n) is 7.81. The summed E-state index contributed by atoms with van der Waals surface area (Å²) in [4.78, 5) is 17.3. The lowest BCUT2D eigenvalue weighted by Crippen LogP contribution is -2.55. The minimum absolute atomic E-state index is 0.145. The minimum atomic E-state index is -3.24. The fourth-order valence-electron chi connectivity index (χ4n) is 3.42. The van der Waals surface area contributed by atoms with Crippen LogP contribution in [0.1, 0.15) is 19.7 Å². The van der Waals surface area contributed by atoms with Crippen LogP contribution in [-0.2, 0) is 0 Å². The Morgan fingerprint density at radius 3 is 2.81 bits per heavy atom. The van der Waals surface area contributed by atoms with Crippen molar-refractivity contribution >= 4 is 29.6 Å². The zero-order chi connectivity index (χ0) is 23.5. The van der Waals surface area contributed by atoms with Crippen LogP contribution in [0.2, 0.25) is 0 Å². The van der Waals surface area contributed by atoms with Crippen molar-refractivity contribution < 1.29 is 17.6 Å². The lowest BCUT2D eigenvalue weighted by atomic mass is 9.86. The van der Waals surface area contributed by atoms with Crippen LogP contribution in [0.5, 0.6) is 0 Å². The van der Waals surface area contributed by atoms with Crippen molar-refractivity contribution in [2.75, 3.05) is 30.8 Å². The van der Waals surface area contributed by atoms with Crippen LogP contribution in [0.3, 0.4) is 0 Å². The first kappa shape index (κ1) is 24.2. The average Bonchev–Trinajstić information content (AvgIpc) is 3.21. The quantitative estimate of drug-likeness (QED) is 0.305. The Morgan fingerprint density at radius 1 is 1.38 bits per heavy atom. The van der Waals surface area contributed by atoms with Crippen molar-refractivity contribution in [1.29, 1.82) is 5.41 Å². The molecule has 2 aromatic heterocycles. The van der Waals surface area contributed by atoms with Crippen LogP contribution in [0.15, 0.2) is 24.7 Å². The van der Waals surface area contributed by atoms with Gasteiger partial charge in [-0.2, -0.15) is 8.78 Å². The molecule has 1 saturated heterocycles. The average molecular weight is 472 g/mol. The molecular formula is C20H25F4N7S. The fourth-order valence-corrected chi connectivity index (χ4v) is 3.78. The highest BCUT2D eigenvalue weighted by atomic mass is 32.2. The number of nitrogens with zero attached hydrogens (tertiary/aromatic N) is 4. The SMILES string of the molecule is CSNCC1CN(c2cc(-c3cnc(/C=C\C(=N)C(C)(F)F)[nH]3)ncn2)CC(C)C1(F)F. The summed E-state index contributed by atoms with van der Waals surface area (Å²) >= 11 is 1.30. The van der Waals surface area contributed by atoms with Crippen molar-refractivity contribution in [2.45, 2.75) is 25.7 Å². The van der Waals surface area contributed by atoms with Gasteiger partial charge in [0.1, 0.15) is 23.7 Å². The number of aromatic amines is 1. The summed E-state index contributed by atoms with van der Waals surface area (Å²) < 4.78 is 58.4. The predicted octanol–water partition coefficient (Wildman–Crippen LogP) is 4.13. The number of hydrogen-bond acceptors (Lipinski definition) is 7. The summed E-state index contributed by atoms with van der Waals surface area (Å²) in [5, 5.41) is 7.34. The van der Waals surface area contributed by atoms with E-state index >= 15 is 0 Å². The van der Waals surface area contributed by atoms with Crippen molar-refractivity contribution in [2.24, 2.45) is 11.8 Å². The van der Waals surface area contributed by atoms with Crippen LogP contribution < -0.4 is 9.62 Å². The van der Waals surface area contributed by atoms with Crippen LogP contribution in [0.25, 0.3) is 17.5 Å². The first-order chi connectivity index (χ1) is 15.0. The highest BCUT2D eigenvalue weighted by molar-refractivity contribution is 7.96. The molecule has 0 aliphatic carbocycles. The van der Waals surface area contributed by atoms with E-state index in [1.54, 1.807) is 12.3 Å². The Morgan fingerprint density at radius 2 is 2.12 bits per heavy atom. The Balaban J connectivity index is 1.78. The number of halogens is 4. The van der Waals surface area contributed by atoms with Crippen molar-refractivity contribution in [3.8, 4) is 11.4 Å². The number of H-pyrrole nitrogens is 1. The molecule has 0 saturated carbocycles. The normalized spacial score (nSPS) is 21.3. The smallest absolute Gasteiger partial charge is 0.286 e. The van der Waals surface area contributed by atoms with Crippen molar-refractivity contribution in [3.63, 3.8) is 0 Å². The fraction of sp³-hybridized carbons (Fsp3) is 0.500. The highest BCUT2D eigenvalue weighted by Gasteiger charge is 2.49. The monoisotopic (exact) mass is 471 g/mol. The Labute approximate surface area is 187 Å². The third kappa shape index (κ3) is 5.47. The summed E-state index contributed by atoms with van der Waals surface area (Å²) in [7, 11) is 0. The molecule has 174 valence electrons. The Kier molecular flexibility index (Phi) is 7.23. The number of rotatable bonds is 8. The molecule has 32 heavy (non-hydrogen) atoms. The van der Waals surface area contributed by atoms with Crippen LogP contribution in [-0.4, -0.2) is 63.4 Å². The number of imidazole rings is 1. The van der Waals surface area contributed by atoms with Gasteiger partial charge < -0.3 is 9.88 Å². The van der Waals surface area contributed by atoms with Gasteiger partial charge in [0.25, 0.3) is 11.8 Å². The molecule has 2 atom stereocenters. The van der Waals surface area contributed by atoms with Gasteiger partial charge in [0, 0.05) is 38.5 Å². The van der Waals surface area contributed by atoms with E-state index in [0.717, 1.165) is 6.08 Å². The molecule has 0 aromatic carbocycles. The number of alkyl halides is 4. The van der Waals surface area contributed by atoms with Gasteiger partial charge >= 0.3 is 0 Å². The van der Waals surface area contributed by atoms with Gasteiger partial charge in [-0.3, -0.25) is 10.1 Å². The third-order valence-corrected chi connectivity index (χ3v) is 5.79. The second-order valence-corrected chi connectivity index (χ2v) is 8.51. The molecule has 7 nitrogen and oxygen atoms in total. The minimum Gasteiger partial charge on any atom is -0.355 e. The van der Waals surface area contributed by atoms with Gasteiger partial charge in [-0.1, -0.05) is 18.9 Å². The number of nitrogens with one attached hydrogen (secondary N) is 3. The maximum absolute atomic E-state index is 14.6. The molecule has 3 rings (SSSR count). The number of anilines is 1. The molecule has 3 heterocycles. The van der Waals surface area contributed by atoms with E-state index in [1.807, 2.05) is 4.90 Å². The first-order valence-corrected chi connectivity index (χ1v) is 11.2. The third-order valence-electron chi connectivity index (χ3n) is 5.34. The number of aromatic nitrogens is 4. The molecule has 0 spiro atoms. The van der Waals surface area contributed by atoms with Crippen molar-refractivity contribution in [1.82, 2.24) is 24.7 Å². The van der Waals surface area contributed by atoms with Gasteiger partial charge in [0.2, 0.25) is 0 Å². The summed E-state index contributed by atoms with van der Waals surface area (Å²) in [6.07, 6.45) is 6.89. The molecule has 0 amide bonds. The van der Waals surface area contributed by atoms with E-state index in [2.05, 4.69) is 24.7 Å². The molecule has 1 fully saturated rings. The molecule has 3 N–H and O–H groups in total. The Bertz CT molecular complexity index is 973. The Hall–Kier alpha value is -2.47. The molecule has 0 bridgehead atoms. The standard InChI is InChI=1S/C20H25F4N7S/c1-12-9-31(10-13(7-29-32-3)20(12,23)24)18-6-14(27-11-28-18)15-8-26-17(30-15)5-4-16(25)19(2,21)22/h4-6,8,11-13,25,29H,7,9-10H2,1-3H3,(H,26,30)/b5-4-,25-16?. The van der Waals surface area contributed by atoms with E-state index in [4.69, 9.17) is 5.41 Å². The molecule has 2 unspecified atom stereocenters. The summed E-state index contributed by atoms with van der Waals surface area (Å²) in [5.41, 5.74) is 0.169. The zero-order valence-corrected chi connectivity index (χ0v) is 18.7. The lowest BCUT2D eigenvalue weighted by molar-refractivity contribution is -0.108. The highest BCUT2D eigenvalue weighted by Crippen LogP contribution is 2.39. The summed E-state index contributed by atoms with van der Waals surface area (Å²) in [6, 6.07) is 1.68. The van der Waals surface area contributed by atoms with E-state index in [9.17, 15) is 17.6 Å². The van der Waals surface area contributed by atoms with E-state index in [0.29, 0.717) is 24.1 Å². The molecule has 2 aromatic rings. The maximum Gasteiger partial charge on any atom is 0.286 e. The first-order valence-electron chi connectivity index (χ1n) is 9.93. The van der Waals surface area contributed by atoms with Gasteiger partial charge in [-0.25, -0.2) is 23.7 Å². The van der Waals surface area contributed by atoms with E-state index in [-0.39, 0.29) is 25.5 Å². The van der Waals surface area contributed by atoms with Crippen LogP contribution in [0.4, 0.5) is 23.4 Å². The number of hydrogen-bond donors (Lipinski definition) is 3. The number of piperidine rings is 1. The molecule has 1 aliphatic rings.